The molecule has 1 heterocycles. The Balaban J connectivity index is 2.46. The zero-order valence-electron chi connectivity index (χ0n) is 11.6. The van der Waals surface area contributed by atoms with Crippen LogP contribution in [0.3, 0.4) is 0 Å². The summed E-state index contributed by atoms with van der Waals surface area (Å²) < 4.78 is 4.84. The van der Waals surface area contributed by atoms with Crippen molar-refractivity contribution >= 4 is 40.9 Å². The van der Waals surface area contributed by atoms with E-state index in [2.05, 4.69) is 10.3 Å². The molecule has 1 aromatic rings. The summed E-state index contributed by atoms with van der Waals surface area (Å²) in [5, 5.41) is 13.3. The average Bonchev–Trinajstić information content (AvgIpc) is 2.86. The van der Waals surface area contributed by atoms with E-state index in [-0.39, 0.29) is 16.7 Å². The number of hydrogen-bond acceptors (Lipinski definition) is 7. The van der Waals surface area contributed by atoms with Crippen molar-refractivity contribution in [2.45, 2.75) is 25.6 Å². The molecule has 1 amide bonds. The molecule has 1 atom stereocenters. The third-order valence-corrected chi connectivity index (χ3v) is 4.15. The van der Waals surface area contributed by atoms with E-state index in [0.717, 1.165) is 0 Å². The third-order valence-electron chi connectivity index (χ3n) is 2.21. The van der Waals surface area contributed by atoms with Crippen LogP contribution in [-0.4, -0.2) is 46.3 Å². The number of esters is 1. The number of thiazole rings is 1. The summed E-state index contributed by atoms with van der Waals surface area (Å²) >= 11 is 2.51. The summed E-state index contributed by atoms with van der Waals surface area (Å²) in [7, 11) is 0. The van der Waals surface area contributed by atoms with Crippen molar-refractivity contribution in [1.82, 2.24) is 10.3 Å². The fraction of sp³-hybridized carbons (Fsp3) is 0.500. The van der Waals surface area contributed by atoms with Crippen molar-refractivity contribution in [3.63, 3.8) is 0 Å². The topological polar surface area (TPSA) is 106 Å². The molecule has 7 nitrogen and oxygen atoms in total. The minimum absolute atomic E-state index is 0.223. The summed E-state index contributed by atoms with van der Waals surface area (Å²) in [5.41, 5.74) is 0.681. The first-order chi connectivity index (χ1) is 9.93. The molecular weight excluding hydrogens is 316 g/mol. The zero-order chi connectivity index (χ0) is 15.8. The molecule has 0 aliphatic rings. The third kappa shape index (κ3) is 6.13. The summed E-state index contributed by atoms with van der Waals surface area (Å²) in [6.07, 6.45) is 0. The van der Waals surface area contributed by atoms with Crippen molar-refractivity contribution < 1.29 is 24.2 Å². The summed E-state index contributed by atoms with van der Waals surface area (Å²) in [5.74, 6) is -1.25. The second-order valence-corrected chi connectivity index (χ2v) is 5.86. The van der Waals surface area contributed by atoms with Crippen LogP contribution in [0.4, 0.5) is 0 Å². The largest absolute Gasteiger partial charge is 0.480 e. The highest BCUT2D eigenvalue weighted by molar-refractivity contribution is 7.98. The zero-order valence-corrected chi connectivity index (χ0v) is 13.3. The maximum Gasteiger partial charge on any atom is 0.367 e. The van der Waals surface area contributed by atoms with E-state index >= 15 is 0 Å². The molecule has 0 saturated carbocycles. The summed E-state index contributed by atoms with van der Waals surface area (Å²) in [4.78, 5) is 37.4. The Morgan fingerprint density at radius 2 is 2.24 bits per heavy atom. The van der Waals surface area contributed by atoms with Gasteiger partial charge in [0, 0.05) is 23.8 Å². The van der Waals surface area contributed by atoms with Crippen LogP contribution in [0.2, 0.25) is 0 Å². The van der Waals surface area contributed by atoms with Crippen LogP contribution in [0.5, 0.6) is 0 Å². The molecule has 0 aliphatic heterocycles. The van der Waals surface area contributed by atoms with E-state index in [9.17, 15) is 14.4 Å². The van der Waals surface area contributed by atoms with Crippen molar-refractivity contribution in [2.75, 3.05) is 12.4 Å². The smallest absolute Gasteiger partial charge is 0.367 e. The number of nitrogens with one attached hydrogen (secondary N) is 1. The van der Waals surface area contributed by atoms with Crippen LogP contribution in [0.25, 0.3) is 0 Å². The number of aliphatic carboxylic acids is 1. The molecule has 0 spiro atoms. The van der Waals surface area contributed by atoms with Gasteiger partial charge in [0.25, 0.3) is 0 Å². The van der Waals surface area contributed by atoms with E-state index in [1.807, 2.05) is 0 Å². The number of ether oxygens (including phenoxy) is 1. The standard InChI is InChI=1S/C12H16N2O5S2/c1-3-19-12(18)10-14-8(5-21-10)4-20-6-9(11(16)17)13-7(2)15/h5,9H,3-4,6H2,1-2H3,(H,13,15)(H,16,17). The van der Waals surface area contributed by atoms with Crippen molar-refractivity contribution in [2.24, 2.45) is 0 Å². The van der Waals surface area contributed by atoms with Crippen LogP contribution in [0.15, 0.2) is 5.38 Å². The monoisotopic (exact) mass is 332 g/mol. The fourth-order valence-corrected chi connectivity index (χ4v) is 3.11. The number of carbonyl (C=O) groups is 3. The molecule has 0 aliphatic carbocycles. The molecule has 0 radical (unpaired) electrons. The van der Waals surface area contributed by atoms with Crippen molar-refractivity contribution in [3.8, 4) is 0 Å². The van der Waals surface area contributed by atoms with Gasteiger partial charge in [-0.25, -0.2) is 14.6 Å². The van der Waals surface area contributed by atoms with Gasteiger partial charge < -0.3 is 15.2 Å². The van der Waals surface area contributed by atoms with Gasteiger partial charge in [0.1, 0.15) is 6.04 Å². The van der Waals surface area contributed by atoms with Crippen LogP contribution >= 0.6 is 23.1 Å². The second-order valence-electron chi connectivity index (χ2n) is 3.97. The number of thioether (sulfide) groups is 1. The molecule has 0 aromatic carbocycles. The highest BCUT2D eigenvalue weighted by Crippen LogP contribution is 2.17. The molecule has 0 bridgehead atoms. The Labute approximate surface area is 130 Å². The fourth-order valence-electron chi connectivity index (χ4n) is 1.36. The van der Waals surface area contributed by atoms with Gasteiger partial charge >= 0.3 is 11.9 Å². The van der Waals surface area contributed by atoms with Crippen molar-refractivity contribution in [1.29, 1.82) is 0 Å². The molecule has 9 heteroatoms. The Morgan fingerprint density at radius 3 is 2.81 bits per heavy atom. The van der Waals surface area contributed by atoms with Crippen molar-refractivity contribution in [3.05, 3.63) is 16.1 Å². The maximum absolute atomic E-state index is 11.4. The Kier molecular flexibility index (Phi) is 7.17. The predicted molar refractivity (Wildman–Crippen MR) is 79.5 cm³/mol. The lowest BCUT2D eigenvalue weighted by Crippen LogP contribution is -2.41. The van der Waals surface area contributed by atoms with Crippen LogP contribution < -0.4 is 5.32 Å². The SMILES string of the molecule is CCOC(=O)c1nc(CSCC(NC(C)=O)C(=O)O)cs1. The molecule has 1 unspecified atom stereocenters. The lowest BCUT2D eigenvalue weighted by atomic mass is 10.3. The number of carboxylic acid groups (broad SMARTS) is 1. The quantitative estimate of drug-likeness (QED) is 0.688. The minimum Gasteiger partial charge on any atom is -0.480 e. The first kappa shape index (κ1) is 17.4. The van der Waals surface area contributed by atoms with Gasteiger partial charge in [-0.05, 0) is 6.92 Å². The number of aromatic nitrogens is 1. The number of carboxylic acids is 1. The molecule has 1 rings (SSSR count). The van der Waals surface area contributed by atoms with Gasteiger partial charge in [0.2, 0.25) is 10.9 Å². The molecule has 1 aromatic heterocycles. The molecular formula is C12H16N2O5S2. The van der Waals surface area contributed by atoms with Crippen LogP contribution in [0.1, 0.15) is 29.3 Å². The Morgan fingerprint density at radius 1 is 1.52 bits per heavy atom. The highest BCUT2D eigenvalue weighted by atomic mass is 32.2. The van der Waals surface area contributed by atoms with Gasteiger partial charge in [0.15, 0.2) is 0 Å². The second kappa shape index (κ2) is 8.63. The Bertz CT molecular complexity index is 518. The minimum atomic E-state index is -1.08. The van der Waals surface area contributed by atoms with Gasteiger partial charge in [0.05, 0.1) is 12.3 Å². The van der Waals surface area contributed by atoms with E-state index in [4.69, 9.17) is 9.84 Å². The van der Waals surface area contributed by atoms with E-state index in [1.165, 1.54) is 30.0 Å². The number of amides is 1. The van der Waals surface area contributed by atoms with E-state index < -0.39 is 18.0 Å². The number of rotatable bonds is 8. The lowest BCUT2D eigenvalue weighted by Gasteiger charge is -2.11. The van der Waals surface area contributed by atoms with Gasteiger partial charge in [-0.15, -0.1) is 11.3 Å². The number of carbonyl (C=O) groups excluding carboxylic acids is 2. The number of nitrogens with zero attached hydrogens (tertiary/aromatic N) is 1. The Hall–Kier alpha value is -1.61. The average molecular weight is 332 g/mol. The first-order valence-electron chi connectivity index (χ1n) is 6.13. The molecule has 2 N–H and O–H groups in total. The van der Waals surface area contributed by atoms with E-state index in [1.54, 1.807) is 12.3 Å². The van der Waals surface area contributed by atoms with Crippen LogP contribution in [-0.2, 0) is 20.1 Å². The molecule has 21 heavy (non-hydrogen) atoms. The number of hydrogen-bond donors (Lipinski definition) is 2. The first-order valence-corrected chi connectivity index (χ1v) is 8.16. The van der Waals surface area contributed by atoms with Gasteiger partial charge in [-0.3, -0.25) is 4.79 Å². The summed E-state index contributed by atoms with van der Waals surface area (Å²) in [6, 6.07) is -0.935. The highest BCUT2D eigenvalue weighted by Gasteiger charge is 2.18. The predicted octanol–water partition coefficient (Wildman–Crippen LogP) is 1.14. The van der Waals surface area contributed by atoms with Crippen LogP contribution in [0, 0.1) is 0 Å². The molecule has 0 saturated heterocycles. The maximum atomic E-state index is 11.4. The normalized spacial score (nSPS) is 11.7. The van der Waals surface area contributed by atoms with Gasteiger partial charge in [-0.2, -0.15) is 11.8 Å². The molecule has 116 valence electrons. The van der Waals surface area contributed by atoms with E-state index in [0.29, 0.717) is 18.1 Å². The summed E-state index contributed by atoms with van der Waals surface area (Å²) in [6.45, 7) is 3.28. The van der Waals surface area contributed by atoms with Gasteiger partial charge in [-0.1, -0.05) is 0 Å². The molecule has 0 fully saturated rings. The lowest BCUT2D eigenvalue weighted by molar-refractivity contribution is -0.140.